The Labute approximate surface area is 113 Å². The molecular weight excluding hydrogens is 224 g/mol. The molecule has 0 aromatic heterocycles. The maximum Gasteiger partial charge on any atom is 0.239 e. The van der Waals surface area contributed by atoms with Gasteiger partial charge < -0.3 is 10.2 Å². The lowest BCUT2D eigenvalue weighted by Gasteiger charge is -2.26. The number of amides is 1. The van der Waals surface area contributed by atoms with Gasteiger partial charge in [0.2, 0.25) is 5.91 Å². The maximum atomic E-state index is 12.1. The molecule has 1 N–H and O–H groups in total. The lowest BCUT2D eigenvalue weighted by molar-refractivity contribution is -0.132. The Morgan fingerprint density at radius 2 is 1.61 bits per heavy atom. The fourth-order valence-corrected chi connectivity index (χ4v) is 2.22. The first-order chi connectivity index (χ1) is 8.42. The average molecular weight is 256 g/mol. The number of nitrogens with one attached hydrogen (secondary N) is 1. The molecule has 0 heterocycles. The minimum absolute atomic E-state index is 0.0704. The molecule has 1 amide bonds. The molecule has 0 aliphatic heterocycles. The zero-order valence-electron chi connectivity index (χ0n) is 13.1. The van der Waals surface area contributed by atoms with E-state index in [0.717, 1.165) is 25.4 Å². The van der Waals surface area contributed by atoms with Gasteiger partial charge in [0.05, 0.1) is 6.04 Å². The summed E-state index contributed by atoms with van der Waals surface area (Å²) < 4.78 is 0. The molecule has 0 saturated carbocycles. The lowest BCUT2D eigenvalue weighted by atomic mass is 10.0. The van der Waals surface area contributed by atoms with E-state index < -0.39 is 0 Å². The third-order valence-corrected chi connectivity index (χ3v) is 3.40. The van der Waals surface area contributed by atoms with Crippen LogP contribution >= 0.6 is 0 Å². The summed E-state index contributed by atoms with van der Waals surface area (Å²) in [6.07, 6.45) is 3.65. The number of likely N-dealkylation sites (N-methyl/N-ethyl adjacent to an activating group) is 1. The van der Waals surface area contributed by atoms with Crippen LogP contribution in [0.15, 0.2) is 0 Å². The molecule has 108 valence electrons. The molecule has 2 atom stereocenters. The van der Waals surface area contributed by atoms with Crippen LogP contribution in [-0.4, -0.2) is 36.0 Å². The summed E-state index contributed by atoms with van der Waals surface area (Å²) in [6, 6.07) is 0.345. The molecule has 0 bridgehead atoms. The van der Waals surface area contributed by atoms with Crippen molar-refractivity contribution in [2.24, 2.45) is 5.92 Å². The predicted molar refractivity (Wildman–Crippen MR) is 78.7 cm³/mol. The van der Waals surface area contributed by atoms with Crippen molar-refractivity contribution in [2.45, 2.75) is 72.9 Å². The molecule has 0 rings (SSSR count). The SMILES string of the molecule is CCN(CC)C(=O)C(C)NC(C)CCCC(C)C. The number of carbonyl (C=O) groups excluding carboxylic acids is 1. The molecule has 0 radical (unpaired) electrons. The molecule has 18 heavy (non-hydrogen) atoms. The van der Waals surface area contributed by atoms with Crippen molar-refractivity contribution in [3.8, 4) is 0 Å². The average Bonchev–Trinajstić information content (AvgIpc) is 2.29. The molecule has 3 heteroatoms. The number of hydrogen-bond donors (Lipinski definition) is 1. The van der Waals surface area contributed by atoms with Crippen LogP contribution in [-0.2, 0) is 4.79 Å². The van der Waals surface area contributed by atoms with Crippen molar-refractivity contribution < 1.29 is 4.79 Å². The number of hydrogen-bond acceptors (Lipinski definition) is 2. The molecule has 0 fully saturated rings. The van der Waals surface area contributed by atoms with Gasteiger partial charge >= 0.3 is 0 Å². The molecule has 0 aliphatic rings. The largest absolute Gasteiger partial charge is 0.342 e. The highest BCUT2D eigenvalue weighted by Crippen LogP contribution is 2.09. The van der Waals surface area contributed by atoms with Crippen molar-refractivity contribution in [3.63, 3.8) is 0 Å². The van der Waals surface area contributed by atoms with Crippen LogP contribution in [0.2, 0.25) is 0 Å². The Morgan fingerprint density at radius 3 is 2.06 bits per heavy atom. The third-order valence-electron chi connectivity index (χ3n) is 3.40. The van der Waals surface area contributed by atoms with E-state index in [9.17, 15) is 4.79 Å². The molecule has 0 aromatic carbocycles. The number of carbonyl (C=O) groups is 1. The Balaban J connectivity index is 3.98. The van der Waals surface area contributed by atoms with Crippen molar-refractivity contribution in [2.75, 3.05) is 13.1 Å². The van der Waals surface area contributed by atoms with Gasteiger partial charge in [-0.15, -0.1) is 0 Å². The second-order valence-corrected chi connectivity index (χ2v) is 5.62. The number of nitrogens with zero attached hydrogens (tertiary/aromatic N) is 1. The smallest absolute Gasteiger partial charge is 0.239 e. The van der Waals surface area contributed by atoms with E-state index >= 15 is 0 Å². The van der Waals surface area contributed by atoms with E-state index in [0.29, 0.717) is 6.04 Å². The van der Waals surface area contributed by atoms with Crippen LogP contribution in [0, 0.1) is 5.92 Å². The molecule has 3 nitrogen and oxygen atoms in total. The Bertz CT molecular complexity index is 225. The Kier molecular flexibility index (Phi) is 9.08. The number of rotatable bonds is 9. The van der Waals surface area contributed by atoms with Gasteiger partial charge in [-0.3, -0.25) is 4.79 Å². The molecule has 0 aliphatic carbocycles. The topological polar surface area (TPSA) is 32.3 Å². The first kappa shape index (κ1) is 17.4. The highest BCUT2D eigenvalue weighted by Gasteiger charge is 2.19. The van der Waals surface area contributed by atoms with Gasteiger partial charge in [-0.1, -0.05) is 26.7 Å². The summed E-state index contributed by atoms with van der Waals surface area (Å²) in [5.74, 6) is 0.989. The first-order valence-corrected chi connectivity index (χ1v) is 7.47. The van der Waals surface area contributed by atoms with Crippen LogP contribution in [0.3, 0.4) is 0 Å². The summed E-state index contributed by atoms with van der Waals surface area (Å²) >= 11 is 0. The van der Waals surface area contributed by atoms with Gasteiger partial charge in [0.1, 0.15) is 0 Å². The normalized spacial score (nSPS) is 14.6. The molecular formula is C15H32N2O. The van der Waals surface area contributed by atoms with Gasteiger partial charge in [0.15, 0.2) is 0 Å². The van der Waals surface area contributed by atoms with Crippen LogP contribution in [0.1, 0.15) is 60.8 Å². The van der Waals surface area contributed by atoms with Crippen LogP contribution in [0.5, 0.6) is 0 Å². The van der Waals surface area contributed by atoms with Crippen molar-refractivity contribution in [1.29, 1.82) is 0 Å². The monoisotopic (exact) mass is 256 g/mol. The zero-order chi connectivity index (χ0) is 14.1. The van der Waals surface area contributed by atoms with Crippen molar-refractivity contribution in [3.05, 3.63) is 0 Å². The van der Waals surface area contributed by atoms with Crippen LogP contribution in [0.4, 0.5) is 0 Å². The van der Waals surface area contributed by atoms with Crippen LogP contribution in [0.25, 0.3) is 0 Å². The van der Waals surface area contributed by atoms with E-state index in [1.807, 2.05) is 25.7 Å². The predicted octanol–water partition coefficient (Wildman–Crippen LogP) is 3.05. The van der Waals surface area contributed by atoms with E-state index in [2.05, 4.69) is 26.1 Å². The summed E-state index contributed by atoms with van der Waals surface area (Å²) in [6.45, 7) is 14.3. The fraction of sp³-hybridized carbons (Fsp3) is 0.933. The molecule has 0 spiro atoms. The summed E-state index contributed by atoms with van der Waals surface area (Å²) in [7, 11) is 0. The highest BCUT2D eigenvalue weighted by molar-refractivity contribution is 5.81. The van der Waals surface area contributed by atoms with Gasteiger partial charge in [-0.25, -0.2) is 0 Å². The quantitative estimate of drug-likeness (QED) is 0.687. The van der Waals surface area contributed by atoms with E-state index in [4.69, 9.17) is 0 Å². The van der Waals surface area contributed by atoms with Gasteiger partial charge in [0.25, 0.3) is 0 Å². The Hall–Kier alpha value is -0.570. The van der Waals surface area contributed by atoms with Crippen LogP contribution < -0.4 is 5.32 Å². The van der Waals surface area contributed by atoms with E-state index in [-0.39, 0.29) is 11.9 Å². The second kappa shape index (κ2) is 9.37. The highest BCUT2D eigenvalue weighted by atomic mass is 16.2. The lowest BCUT2D eigenvalue weighted by Crippen LogP contribution is -2.47. The van der Waals surface area contributed by atoms with Gasteiger partial charge in [0, 0.05) is 19.1 Å². The molecule has 0 aromatic rings. The van der Waals surface area contributed by atoms with Crippen molar-refractivity contribution >= 4 is 5.91 Å². The van der Waals surface area contributed by atoms with E-state index in [1.165, 1.54) is 12.8 Å². The second-order valence-electron chi connectivity index (χ2n) is 5.62. The minimum atomic E-state index is -0.0704. The standard InChI is InChI=1S/C15H32N2O/c1-7-17(8-2)15(18)14(6)16-13(5)11-9-10-12(3)4/h12-14,16H,7-11H2,1-6H3. The summed E-state index contributed by atoms with van der Waals surface area (Å²) in [4.78, 5) is 14.0. The van der Waals surface area contributed by atoms with Gasteiger partial charge in [-0.05, 0) is 40.0 Å². The van der Waals surface area contributed by atoms with E-state index in [1.54, 1.807) is 0 Å². The van der Waals surface area contributed by atoms with Crippen molar-refractivity contribution in [1.82, 2.24) is 10.2 Å². The van der Waals surface area contributed by atoms with Gasteiger partial charge in [-0.2, -0.15) is 0 Å². The maximum absolute atomic E-state index is 12.1. The molecule has 0 saturated heterocycles. The summed E-state index contributed by atoms with van der Waals surface area (Å²) in [5, 5.41) is 3.41. The third kappa shape index (κ3) is 7.00. The fourth-order valence-electron chi connectivity index (χ4n) is 2.22. The minimum Gasteiger partial charge on any atom is -0.342 e. The summed E-state index contributed by atoms with van der Waals surface area (Å²) in [5.41, 5.74) is 0. The Morgan fingerprint density at radius 1 is 1.06 bits per heavy atom. The zero-order valence-corrected chi connectivity index (χ0v) is 13.1. The molecule has 2 unspecified atom stereocenters. The first-order valence-electron chi connectivity index (χ1n) is 7.47.